The van der Waals surface area contributed by atoms with Crippen molar-refractivity contribution in [2.75, 3.05) is 20.2 Å². The van der Waals surface area contributed by atoms with Gasteiger partial charge in [0.15, 0.2) is 5.96 Å². The summed E-state index contributed by atoms with van der Waals surface area (Å²) < 4.78 is 10.7. The zero-order valence-electron chi connectivity index (χ0n) is 16.8. The first-order valence-electron chi connectivity index (χ1n) is 9.16. The Hall–Kier alpha value is -1.52. The number of carbonyl (C=O) groups is 1. The molecule has 1 aromatic heterocycles. The SMILES string of the molecule is CCOC(=O)NC(CNC(=NC)NCc1ncc(C(C)(C)C)o1)C1CC1.I. The summed E-state index contributed by atoms with van der Waals surface area (Å²) in [5.41, 5.74) is -0.0680. The third kappa shape index (κ3) is 7.94. The number of nitrogens with zero attached hydrogens (tertiary/aromatic N) is 2. The van der Waals surface area contributed by atoms with Gasteiger partial charge in [-0.25, -0.2) is 9.78 Å². The molecule has 0 aliphatic heterocycles. The van der Waals surface area contributed by atoms with E-state index in [0.717, 1.165) is 18.6 Å². The Kier molecular flexibility index (Phi) is 9.34. The van der Waals surface area contributed by atoms with Gasteiger partial charge in [0.25, 0.3) is 0 Å². The van der Waals surface area contributed by atoms with Crippen LogP contribution in [0.2, 0.25) is 0 Å². The molecule has 27 heavy (non-hydrogen) atoms. The molecule has 0 bridgehead atoms. The number of halogens is 1. The van der Waals surface area contributed by atoms with E-state index in [2.05, 4.69) is 46.7 Å². The first-order valence-corrected chi connectivity index (χ1v) is 9.16. The number of nitrogens with one attached hydrogen (secondary N) is 3. The molecule has 3 N–H and O–H groups in total. The van der Waals surface area contributed by atoms with E-state index in [1.807, 2.05) is 0 Å². The van der Waals surface area contributed by atoms with E-state index in [4.69, 9.17) is 9.15 Å². The molecule has 154 valence electrons. The average Bonchev–Trinajstić information content (AvgIpc) is 3.30. The van der Waals surface area contributed by atoms with Crippen LogP contribution in [0.25, 0.3) is 0 Å². The van der Waals surface area contributed by atoms with E-state index in [0.29, 0.717) is 37.5 Å². The van der Waals surface area contributed by atoms with Crippen LogP contribution in [-0.2, 0) is 16.7 Å². The lowest BCUT2D eigenvalue weighted by atomic mass is 9.94. The number of hydrogen-bond donors (Lipinski definition) is 3. The molecule has 1 heterocycles. The van der Waals surface area contributed by atoms with Crippen LogP contribution in [0, 0.1) is 5.92 Å². The van der Waals surface area contributed by atoms with E-state index in [1.54, 1.807) is 20.2 Å². The van der Waals surface area contributed by atoms with Gasteiger partial charge in [-0.05, 0) is 25.7 Å². The molecule has 8 nitrogen and oxygen atoms in total. The fourth-order valence-corrected chi connectivity index (χ4v) is 2.48. The number of hydrogen-bond acceptors (Lipinski definition) is 5. The van der Waals surface area contributed by atoms with Crippen LogP contribution < -0.4 is 16.0 Å². The van der Waals surface area contributed by atoms with Crippen LogP contribution in [0.1, 0.15) is 52.2 Å². The zero-order chi connectivity index (χ0) is 19.2. The van der Waals surface area contributed by atoms with Crippen molar-refractivity contribution < 1.29 is 13.9 Å². The van der Waals surface area contributed by atoms with Crippen molar-refractivity contribution in [3.63, 3.8) is 0 Å². The standard InChI is InChI=1S/C18H31N5O3.HI/c1-6-25-17(24)23-13(12-7-8-12)9-21-16(19-5)22-11-15-20-10-14(26-15)18(2,3)4;/h10,12-13H,6-9,11H2,1-5H3,(H,23,24)(H2,19,21,22);1H. The molecule has 0 spiro atoms. The predicted octanol–water partition coefficient (Wildman–Crippen LogP) is 2.78. The van der Waals surface area contributed by atoms with E-state index < -0.39 is 0 Å². The molecule has 2 rings (SSSR count). The number of alkyl carbamates (subject to hydrolysis) is 1. The van der Waals surface area contributed by atoms with Crippen molar-refractivity contribution in [2.45, 2.75) is 58.5 Å². The second-order valence-corrected chi connectivity index (χ2v) is 7.48. The number of ether oxygens (including phenoxy) is 1. The molecule has 1 atom stereocenters. The number of aliphatic imine (C=N–C) groups is 1. The molecule has 0 saturated heterocycles. The van der Waals surface area contributed by atoms with Crippen molar-refractivity contribution in [2.24, 2.45) is 10.9 Å². The van der Waals surface area contributed by atoms with Gasteiger partial charge < -0.3 is 25.1 Å². The summed E-state index contributed by atoms with van der Waals surface area (Å²) in [5.74, 6) is 2.59. The van der Waals surface area contributed by atoms with Gasteiger partial charge >= 0.3 is 6.09 Å². The maximum atomic E-state index is 11.7. The Morgan fingerprint density at radius 2 is 2.11 bits per heavy atom. The highest BCUT2D eigenvalue weighted by molar-refractivity contribution is 14.0. The van der Waals surface area contributed by atoms with Crippen LogP contribution in [0.3, 0.4) is 0 Å². The number of rotatable bonds is 7. The maximum absolute atomic E-state index is 11.7. The zero-order valence-corrected chi connectivity index (χ0v) is 19.1. The van der Waals surface area contributed by atoms with Crippen LogP contribution in [0.5, 0.6) is 0 Å². The molecule has 1 fully saturated rings. The third-order valence-corrected chi connectivity index (χ3v) is 4.18. The van der Waals surface area contributed by atoms with Gasteiger partial charge in [-0.3, -0.25) is 4.99 Å². The normalized spacial score (nSPS) is 15.5. The number of carbonyl (C=O) groups excluding carboxylic acids is 1. The fraction of sp³-hybridized carbons (Fsp3) is 0.722. The maximum Gasteiger partial charge on any atom is 0.407 e. The fourth-order valence-electron chi connectivity index (χ4n) is 2.48. The summed E-state index contributed by atoms with van der Waals surface area (Å²) in [6, 6.07) is 0.0295. The van der Waals surface area contributed by atoms with Crippen LogP contribution in [0.4, 0.5) is 4.79 Å². The molecular weight excluding hydrogens is 461 g/mol. The molecular formula is C18H32IN5O3. The molecule has 0 radical (unpaired) electrons. The Morgan fingerprint density at radius 3 is 2.63 bits per heavy atom. The van der Waals surface area contributed by atoms with Crippen molar-refractivity contribution >= 4 is 36.0 Å². The molecule has 0 aromatic carbocycles. The Morgan fingerprint density at radius 1 is 1.41 bits per heavy atom. The van der Waals surface area contributed by atoms with Crippen LogP contribution in [-0.4, -0.2) is 43.3 Å². The van der Waals surface area contributed by atoms with Gasteiger partial charge in [-0.2, -0.15) is 0 Å². The Labute approximate surface area is 178 Å². The third-order valence-electron chi connectivity index (χ3n) is 4.18. The van der Waals surface area contributed by atoms with E-state index >= 15 is 0 Å². The summed E-state index contributed by atoms with van der Waals surface area (Å²) in [7, 11) is 1.70. The van der Waals surface area contributed by atoms with Gasteiger partial charge in [0.1, 0.15) is 5.76 Å². The molecule has 9 heteroatoms. The molecule has 1 aliphatic carbocycles. The highest BCUT2D eigenvalue weighted by Gasteiger charge is 2.32. The molecule has 1 unspecified atom stereocenters. The molecule has 1 aliphatic rings. The lowest BCUT2D eigenvalue weighted by Crippen LogP contribution is -2.48. The van der Waals surface area contributed by atoms with Crippen LogP contribution in [0.15, 0.2) is 15.6 Å². The van der Waals surface area contributed by atoms with Crippen molar-refractivity contribution in [3.05, 3.63) is 17.8 Å². The molecule has 1 amide bonds. The van der Waals surface area contributed by atoms with Crippen molar-refractivity contribution in [3.8, 4) is 0 Å². The van der Waals surface area contributed by atoms with Crippen molar-refractivity contribution in [1.29, 1.82) is 0 Å². The highest BCUT2D eigenvalue weighted by Crippen LogP contribution is 2.32. The minimum atomic E-state index is -0.372. The van der Waals surface area contributed by atoms with Gasteiger partial charge in [0.2, 0.25) is 5.89 Å². The van der Waals surface area contributed by atoms with Crippen molar-refractivity contribution in [1.82, 2.24) is 20.9 Å². The number of amides is 1. The topological polar surface area (TPSA) is 101 Å². The molecule has 1 saturated carbocycles. The van der Waals surface area contributed by atoms with Gasteiger partial charge in [-0.1, -0.05) is 20.8 Å². The van der Waals surface area contributed by atoms with Crippen LogP contribution >= 0.6 is 24.0 Å². The van der Waals surface area contributed by atoms with Gasteiger partial charge in [0.05, 0.1) is 25.4 Å². The minimum Gasteiger partial charge on any atom is -0.450 e. The summed E-state index contributed by atoms with van der Waals surface area (Å²) in [6.45, 7) is 9.44. The predicted molar refractivity (Wildman–Crippen MR) is 115 cm³/mol. The minimum absolute atomic E-state index is 0. The molecule has 1 aromatic rings. The van der Waals surface area contributed by atoms with Gasteiger partial charge in [-0.15, -0.1) is 24.0 Å². The van der Waals surface area contributed by atoms with Gasteiger partial charge in [0, 0.05) is 19.0 Å². The smallest absolute Gasteiger partial charge is 0.407 e. The lowest BCUT2D eigenvalue weighted by molar-refractivity contribution is 0.146. The lowest BCUT2D eigenvalue weighted by Gasteiger charge is -2.20. The second kappa shape index (κ2) is 10.7. The van der Waals surface area contributed by atoms with E-state index in [1.165, 1.54) is 0 Å². The summed E-state index contributed by atoms with van der Waals surface area (Å²) in [6.07, 6.45) is 3.64. The number of oxazole rings is 1. The van der Waals surface area contributed by atoms with E-state index in [-0.39, 0.29) is 41.5 Å². The number of aromatic nitrogens is 1. The van der Waals surface area contributed by atoms with E-state index in [9.17, 15) is 4.79 Å². The summed E-state index contributed by atoms with van der Waals surface area (Å²) >= 11 is 0. The second-order valence-electron chi connectivity index (χ2n) is 7.48. The first kappa shape index (κ1) is 23.5. The highest BCUT2D eigenvalue weighted by atomic mass is 127. The first-order chi connectivity index (χ1) is 12.3. The quantitative estimate of drug-likeness (QED) is 0.307. The summed E-state index contributed by atoms with van der Waals surface area (Å²) in [5, 5.41) is 9.34. The Balaban J connectivity index is 0.00000364. The average molecular weight is 493 g/mol. The largest absolute Gasteiger partial charge is 0.450 e. The number of guanidine groups is 1. The monoisotopic (exact) mass is 493 g/mol. The summed E-state index contributed by atoms with van der Waals surface area (Å²) in [4.78, 5) is 20.2. The Bertz CT molecular complexity index is 623.